The monoisotopic (exact) mass is 372 g/mol. The first-order valence-corrected chi connectivity index (χ1v) is 9.61. The van der Waals surface area contributed by atoms with Crippen molar-refractivity contribution in [2.45, 2.75) is 44.8 Å². The van der Waals surface area contributed by atoms with Crippen LogP contribution in [0.3, 0.4) is 0 Å². The fourth-order valence-corrected chi connectivity index (χ4v) is 4.13. The number of aromatic amines is 1. The number of piperidine rings is 1. The second-order valence-corrected chi connectivity index (χ2v) is 7.66. The van der Waals surface area contributed by atoms with Crippen molar-refractivity contribution in [1.82, 2.24) is 20.1 Å². The molecule has 7 heteroatoms. The number of carbonyl (C=O) groups is 1. The zero-order valence-electron chi connectivity index (χ0n) is 15.5. The molecule has 1 aromatic carbocycles. The lowest BCUT2D eigenvalue weighted by Crippen LogP contribution is -2.65. The van der Waals surface area contributed by atoms with Gasteiger partial charge in [-0.2, -0.15) is 0 Å². The number of nitrogens with zero attached hydrogens (tertiary/aromatic N) is 2. The molecule has 0 bridgehead atoms. The summed E-state index contributed by atoms with van der Waals surface area (Å²) < 4.78 is 13.3. The summed E-state index contributed by atoms with van der Waals surface area (Å²) in [7, 11) is 0. The molecule has 0 unspecified atom stereocenters. The highest BCUT2D eigenvalue weighted by Gasteiger charge is 2.37. The van der Waals surface area contributed by atoms with Crippen molar-refractivity contribution in [3.63, 3.8) is 0 Å². The standard InChI is InChI=1S/C20H25FN4O2/c1-13-4-2-3-7-25(13)17-11-24(12-17)20(27)22-10-15-8-14-5-6-16(21)9-18(14)23-19(15)26/h5-6,8-9,13,17H,2-4,7,10-12H2,1H3,(H,22,27)(H,23,26)/t13-/m1/s1. The highest BCUT2D eigenvalue weighted by molar-refractivity contribution is 5.79. The molecular formula is C20H25FN4O2. The SMILES string of the molecule is C[C@@H]1CCCCN1C1CN(C(=O)NCc2cc3ccc(F)cc3[nH]c2=O)C1. The van der Waals surface area contributed by atoms with Crippen LogP contribution in [-0.2, 0) is 6.54 Å². The first kappa shape index (κ1) is 18.0. The summed E-state index contributed by atoms with van der Waals surface area (Å²) >= 11 is 0. The lowest BCUT2D eigenvalue weighted by molar-refractivity contribution is 0.0169. The molecule has 2 amide bonds. The van der Waals surface area contributed by atoms with Gasteiger partial charge in [-0.25, -0.2) is 9.18 Å². The second kappa shape index (κ2) is 7.31. The molecule has 144 valence electrons. The number of nitrogens with one attached hydrogen (secondary N) is 2. The van der Waals surface area contributed by atoms with Gasteiger partial charge in [0, 0.05) is 37.3 Å². The summed E-state index contributed by atoms with van der Waals surface area (Å²) in [5, 5.41) is 3.57. The smallest absolute Gasteiger partial charge is 0.317 e. The highest BCUT2D eigenvalue weighted by atomic mass is 19.1. The Hall–Kier alpha value is -2.41. The van der Waals surface area contributed by atoms with Crippen molar-refractivity contribution in [3.05, 3.63) is 46.0 Å². The number of amides is 2. The first-order valence-electron chi connectivity index (χ1n) is 9.61. The van der Waals surface area contributed by atoms with Gasteiger partial charge in [-0.15, -0.1) is 0 Å². The van der Waals surface area contributed by atoms with Crippen molar-refractivity contribution >= 4 is 16.9 Å². The van der Waals surface area contributed by atoms with E-state index in [0.29, 0.717) is 23.2 Å². The molecule has 0 radical (unpaired) electrons. The Kier molecular flexibility index (Phi) is 4.86. The Balaban J connectivity index is 1.33. The molecule has 1 atom stereocenters. The van der Waals surface area contributed by atoms with Crippen LogP contribution in [-0.4, -0.2) is 52.5 Å². The van der Waals surface area contributed by atoms with Gasteiger partial charge >= 0.3 is 6.03 Å². The third-order valence-corrected chi connectivity index (χ3v) is 5.79. The van der Waals surface area contributed by atoms with E-state index in [9.17, 15) is 14.0 Å². The van der Waals surface area contributed by atoms with Gasteiger partial charge < -0.3 is 15.2 Å². The number of H-pyrrole nitrogens is 1. The quantitative estimate of drug-likeness (QED) is 0.870. The maximum absolute atomic E-state index is 13.3. The number of hydrogen-bond acceptors (Lipinski definition) is 3. The van der Waals surface area contributed by atoms with E-state index in [1.165, 1.54) is 31.4 Å². The number of aromatic nitrogens is 1. The Labute approximate surface area is 157 Å². The molecule has 0 aliphatic carbocycles. The minimum Gasteiger partial charge on any atom is -0.334 e. The van der Waals surface area contributed by atoms with Crippen LogP contribution in [0.25, 0.3) is 10.9 Å². The average molecular weight is 372 g/mol. The number of carbonyl (C=O) groups excluding carboxylic acids is 1. The largest absolute Gasteiger partial charge is 0.334 e. The van der Waals surface area contributed by atoms with Crippen LogP contribution in [0.4, 0.5) is 9.18 Å². The van der Waals surface area contributed by atoms with Gasteiger partial charge in [-0.3, -0.25) is 9.69 Å². The average Bonchev–Trinajstić information content (AvgIpc) is 2.60. The van der Waals surface area contributed by atoms with E-state index in [2.05, 4.69) is 22.1 Å². The number of benzene rings is 1. The van der Waals surface area contributed by atoms with Crippen LogP contribution in [0.5, 0.6) is 0 Å². The lowest BCUT2D eigenvalue weighted by Gasteiger charge is -2.49. The van der Waals surface area contributed by atoms with E-state index in [-0.39, 0.29) is 18.1 Å². The lowest BCUT2D eigenvalue weighted by atomic mass is 9.98. The Morgan fingerprint density at radius 2 is 2.11 bits per heavy atom. The van der Waals surface area contributed by atoms with Gasteiger partial charge in [-0.05, 0) is 56.0 Å². The number of hydrogen-bond donors (Lipinski definition) is 2. The number of likely N-dealkylation sites (tertiary alicyclic amines) is 2. The molecule has 2 aromatic rings. The summed E-state index contributed by atoms with van der Waals surface area (Å²) in [5.74, 6) is -0.394. The molecule has 2 saturated heterocycles. The van der Waals surface area contributed by atoms with Crippen molar-refractivity contribution in [2.75, 3.05) is 19.6 Å². The number of fused-ring (bicyclic) bond motifs is 1. The van der Waals surface area contributed by atoms with E-state index >= 15 is 0 Å². The topological polar surface area (TPSA) is 68.4 Å². The summed E-state index contributed by atoms with van der Waals surface area (Å²) in [6.45, 7) is 5.02. The zero-order valence-corrected chi connectivity index (χ0v) is 15.5. The summed E-state index contributed by atoms with van der Waals surface area (Å²) in [6.07, 6.45) is 3.76. The van der Waals surface area contributed by atoms with Crippen LogP contribution in [0.2, 0.25) is 0 Å². The molecule has 27 heavy (non-hydrogen) atoms. The van der Waals surface area contributed by atoms with Gasteiger partial charge in [-0.1, -0.05) is 6.42 Å². The fraction of sp³-hybridized carbons (Fsp3) is 0.500. The molecule has 2 fully saturated rings. The third kappa shape index (κ3) is 3.69. The predicted molar refractivity (Wildman–Crippen MR) is 102 cm³/mol. The van der Waals surface area contributed by atoms with Crippen LogP contribution in [0.15, 0.2) is 29.1 Å². The molecule has 2 aliphatic rings. The first-order chi connectivity index (χ1) is 13.0. The number of urea groups is 1. The Bertz CT molecular complexity index is 906. The second-order valence-electron chi connectivity index (χ2n) is 7.66. The van der Waals surface area contributed by atoms with E-state index in [1.807, 2.05) is 0 Å². The van der Waals surface area contributed by atoms with Gasteiger partial charge in [0.1, 0.15) is 5.82 Å². The molecule has 6 nitrogen and oxygen atoms in total. The Morgan fingerprint density at radius 3 is 2.89 bits per heavy atom. The number of pyridine rings is 1. The number of rotatable bonds is 3. The van der Waals surface area contributed by atoms with Crippen LogP contribution in [0, 0.1) is 5.82 Å². The summed E-state index contributed by atoms with van der Waals surface area (Å²) in [6, 6.07) is 6.86. The van der Waals surface area contributed by atoms with Gasteiger partial charge in [0.05, 0.1) is 5.52 Å². The maximum atomic E-state index is 13.3. The molecule has 1 aromatic heterocycles. The fourth-order valence-electron chi connectivity index (χ4n) is 4.13. The van der Waals surface area contributed by atoms with Gasteiger partial charge in [0.25, 0.3) is 5.56 Å². The van der Waals surface area contributed by atoms with Crippen molar-refractivity contribution in [1.29, 1.82) is 0 Å². The van der Waals surface area contributed by atoms with Crippen LogP contribution < -0.4 is 10.9 Å². The van der Waals surface area contributed by atoms with E-state index in [1.54, 1.807) is 17.0 Å². The van der Waals surface area contributed by atoms with Crippen molar-refractivity contribution in [2.24, 2.45) is 0 Å². The minimum absolute atomic E-state index is 0.144. The van der Waals surface area contributed by atoms with E-state index < -0.39 is 5.82 Å². The molecular weight excluding hydrogens is 347 g/mol. The van der Waals surface area contributed by atoms with Crippen molar-refractivity contribution < 1.29 is 9.18 Å². The molecule has 0 saturated carbocycles. The maximum Gasteiger partial charge on any atom is 0.317 e. The molecule has 0 spiro atoms. The predicted octanol–water partition coefficient (Wildman–Crippen LogP) is 2.44. The number of halogens is 1. The van der Waals surface area contributed by atoms with Crippen LogP contribution >= 0.6 is 0 Å². The molecule has 3 heterocycles. The Morgan fingerprint density at radius 1 is 1.30 bits per heavy atom. The van der Waals surface area contributed by atoms with Crippen LogP contribution in [0.1, 0.15) is 31.7 Å². The van der Waals surface area contributed by atoms with Gasteiger partial charge in [0.2, 0.25) is 0 Å². The van der Waals surface area contributed by atoms with Crippen molar-refractivity contribution in [3.8, 4) is 0 Å². The summed E-state index contributed by atoms with van der Waals surface area (Å²) in [4.78, 5) is 31.5. The zero-order chi connectivity index (χ0) is 19.0. The normalized spacial score (nSPS) is 21.3. The van der Waals surface area contributed by atoms with E-state index in [0.717, 1.165) is 25.0 Å². The molecule has 4 rings (SSSR count). The molecule has 2 aliphatic heterocycles. The van der Waals surface area contributed by atoms with Gasteiger partial charge in [0.15, 0.2) is 0 Å². The third-order valence-electron chi connectivity index (χ3n) is 5.79. The van der Waals surface area contributed by atoms with E-state index in [4.69, 9.17) is 0 Å². The summed E-state index contributed by atoms with van der Waals surface area (Å²) in [5.41, 5.74) is 0.609. The highest BCUT2D eigenvalue weighted by Crippen LogP contribution is 2.24. The molecule has 2 N–H and O–H groups in total. The minimum atomic E-state index is -0.394.